The summed E-state index contributed by atoms with van der Waals surface area (Å²) in [6.45, 7) is 1.86. The number of rotatable bonds is 6. The van der Waals surface area contributed by atoms with E-state index < -0.39 is 33.0 Å². The van der Waals surface area contributed by atoms with Gasteiger partial charge in [-0.3, -0.25) is 9.59 Å². The summed E-state index contributed by atoms with van der Waals surface area (Å²) in [7, 11) is -3.86. The first-order chi connectivity index (χ1) is 11.2. The molecule has 0 aromatic heterocycles. The Labute approximate surface area is 145 Å². The van der Waals surface area contributed by atoms with Gasteiger partial charge in [0.05, 0.1) is 0 Å². The summed E-state index contributed by atoms with van der Waals surface area (Å²) in [6.07, 6.45) is 0. The minimum absolute atomic E-state index is 0.238. The predicted octanol–water partition coefficient (Wildman–Crippen LogP) is 2.88. The molecule has 2 aromatic carbocycles. The van der Waals surface area contributed by atoms with Crippen molar-refractivity contribution in [3.8, 4) is 0 Å². The van der Waals surface area contributed by atoms with Crippen molar-refractivity contribution < 1.29 is 18.0 Å². The maximum absolute atomic E-state index is 12.0. The molecule has 7 heteroatoms. The normalized spacial score (nSPS) is 11.1. The summed E-state index contributed by atoms with van der Waals surface area (Å²) in [4.78, 5) is 23.9. The zero-order valence-corrected chi connectivity index (χ0v) is 14.5. The number of hydrogen-bond donors (Lipinski definition) is 1. The number of nitrogens with one attached hydrogen (secondary N) is 1. The van der Waals surface area contributed by atoms with E-state index in [-0.39, 0.29) is 5.56 Å². The Balaban J connectivity index is 1.98. The Bertz CT molecular complexity index is 860. The van der Waals surface area contributed by atoms with E-state index in [0.717, 1.165) is 5.56 Å². The Morgan fingerprint density at radius 3 is 2.33 bits per heavy atom. The predicted molar refractivity (Wildman–Crippen MR) is 94.2 cm³/mol. The molecule has 24 heavy (non-hydrogen) atoms. The monoisotopic (exact) mass is 365 g/mol. The smallest absolute Gasteiger partial charge is 0.239 e. The van der Waals surface area contributed by atoms with Gasteiger partial charge in [-0.15, -0.1) is 0 Å². The number of carbonyl (C=O) groups is 2. The van der Waals surface area contributed by atoms with E-state index in [2.05, 4.69) is 5.32 Å². The summed E-state index contributed by atoms with van der Waals surface area (Å²) >= 11 is 5.72. The number of hydrogen-bond acceptors (Lipinski definition) is 4. The minimum Gasteiger partial charge on any atom is -0.325 e. The zero-order valence-electron chi connectivity index (χ0n) is 13.0. The second-order valence-electron chi connectivity index (χ2n) is 5.38. The van der Waals surface area contributed by atoms with Crippen molar-refractivity contribution in [3.05, 3.63) is 64.7 Å². The molecule has 5 nitrogen and oxygen atoms in total. The van der Waals surface area contributed by atoms with Crippen LogP contribution < -0.4 is 5.32 Å². The number of benzene rings is 2. The molecule has 0 saturated heterocycles. The molecule has 1 N–H and O–H groups in total. The third-order valence-electron chi connectivity index (χ3n) is 3.17. The Morgan fingerprint density at radius 2 is 1.71 bits per heavy atom. The lowest BCUT2D eigenvalue weighted by atomic mass is 10.1. The first-order valence-electron chi connectivity index (χ1n) is 7.11. The van der Waals surface area contributed by atoms with Gasteiger partial charge in [0, 0.05) is 16.3 Å². The third-order valence-corrected chi connectivity index (χ3v) is 4.83. The maximum atomic E-state index is 12.0. The van der Waals surface area contributed by atoms with Gasteiger partial charge < -0.3 is 5.32 Å². The number of aryl methyl sites for hydroxylation is 1. The van der Waals surface area contributed by atoms with Gasteiger partial charge in [0.25, 0.3) is 0 Å². The molecule has 0 radical (unpaired) electrons. The van der Waals surface area contributed by atoms with Crippen molar-refractivity contribution in [3.63, 3.8) is 0 Å². The van der Waals surface area contributed by atoms with Crippen molar-refractivity contribution in [2.45, 2.75) is 6.92 Å². The first-order valence-corrected chi connectivity index (χ1v) is 9.31. The van der Waals surface area contributed by atoms with E-state index in [0.29, 0.717) is 10.7 Å². The van der Waals surface area contributed by atoms with Crippen LogP contribution in [0.2, 0.25) is 5.02 Å². The highest BCUT2D eigenvalue weighted by Gasteiger charge is 2.21. The van der Waals surface area contributed by atoms with Gasteiger partial charge in [-0.2, -0.15) is 0 Å². The Kier molecular flexibility index (Phi) is 5.75. The zero-order chi connectivity index (χ0) is 17.7. The molecule has 126 valence electrons. The molecule has 0 unspecified atom stereocenters. The van der Waals surface area contributed by atoms with Gasteiger partial charge in [-0.05, 0) is 48.9 Å². The maximum Gasteiger partial charge on any atom is 0.239 e. The molecule has 0 atom stereocenters. The van der Waals surface area contributed by atoms with E-state index in [1.807, 2.05) is 13.0 Å². The average Bonchev–Trinajstić information content (AvgIpc) is 2.46. The summed E-state index contributed by atoms with van der Waals surface area (Å²) in [6, 6.07) is 12.9. The molecule has 2 aromatic rings. The van der Waals surface area contributed by atoms with Crippen LogP contribution in [0.15, 0.2) is 48.5 Å². The number of sulfone groups is 1. The molecule has 0 saturated carbocycles. The number of ketones is 1. The van der Waals surface area contributed by atoms with E-state index in [4.69, 9.17) is 11.6 Å². The van der Waals surface area contributed by atoms with Crippen molar-refractivity contribution in [1.29, 1.82) is 0 Å². The van der Waals surface area contributed by atoms with Crippen LogP contribution >= 0.6 is 11.6 Å². The number of Topliss-reactive ketones (excluding diaryl/α,β-unsaturated/α-hetero) is 1. The molecule has 0 aliphatic carbocycles. The topological polar surface area (TPSA) is 80.3 Å². The minimum atomic E-state index is -3.86. The lowest BCUT2D eigenvalue weighted by molar-refractivity contribution is -0.113. The van der Waals surface area contributed by atoms with Crippen LogP contribution in [0.25, 0.3) is 0 Å². The summed E-state index contributed by atoms with van der Waals surface area (Å²) < 4.78 is 24.1. The lowest BCUT2D eigenvalue weighted by Crippen LogP contribution is -2.27. The van der Waals surface area contributed by atoms with Crippen molar-refractivity contribution in [2.75, 3.05) is 16.8 Å². The Morgan fingerprint density at radius 1 is 1.04 bits per heavy atom. The van der Waals surface area contributed by atoms with Gasteiger partial charge >= 0.3 is 0 Å². The molecule has 0 fully saturated rings. The van der Waals surface area contributed by atoms with E-state index in [1.54, 1.807) is 18.2 Å². The first kappa shape index (κ1) is 18.2. The molecule has 0 aliphatic heterocycles. The van der Waals surface area contributed by atoms with E-state index in [1.165, 1.54) is 24.3 Å². The van der Waals surface area contributed by atoms with Gasteiger partial charge in [-0.25, -0.2) is 8.42 Å². The van der Waals surface area contributed by atoms with Gasteiger partial charge in [0.1, 0.15) is 11.5 Å². The number of anilines is 1. The lowest BCUT2D eigenvalue weighted by Gasteiger charge is -2.07. The highest BCUT2D eigenvalue weighted by atomic mass is 35.5. The third kappa shape index (κ3) is 5.47. The van der Waals surface area contributed by atoms with Crippen LogP contribution in [-0.2, 0) is 14.6 Å². The summed E-state index contributed by atoms with van der Waals surface area (Å²) in [5.74, 6) is -2.73. The standard InChI is InChI=1S/C17H16ClNO4S/c1-12-3-2-4-15(9-12)19-17(21)11-24(22,23)10-16(20)13-5-7-14(18)8-6-13/h2-9H,10-11H2,1H3,(H,19,21). The highest BCUT2D eigenvalue weighted by Crippen LogP contribution is 2.12. The molecule has 0 spiro atoms. The molecular weight excluding hydrogens is 350 g/mol. The fourth-order valence-corrected chi connectivity index (χ4v) is 3.36. The van der Waals surface area contributed by atoms with Gasteiger partial charge in [0.15, 0.2) is 15.6 Å². The van der Waals surface area contributed by atoms with Crippen molar-refractivity contribution >= 4 is 38.8 Å². The molecule has 0 bridgehead atoms. The highest BCUT2D eigenvalue weighted by molar-refractivity contribution is 7.92. The number of amides is 1. The van der Waals surface area contributed by atoms with E-state index >= 15 is 0 Å². The number of carbonyl (C=O) groups excluding carboxylic acids is 2. The van der Waals surface area contributed by atoms with Crippen molar-refractivity contribution in [2.24, 2.45) is 0 Å². The van der Waals surface area contributed by atoms with Crippen molar-refractivity contribution in [1.82, 2.24) is 0 Å². The molecular formula is C17H16ClNO4S. The summed E-state index contributed by atoms with van der Waals surface area (Å²) in [5.41, 5.74) is 1.69. The quantitative estimate of drug-likeness (QED) is 0.798. The largest absolute Gasteiger partial charge is 0.325 e. The molecule has 0 aliphatic rings. The van der Waals surface area contributed by atoms with Gasteiger partial charge in [0.2, 0.25) is 5.91 Å². The second-order valence-corrected chi connectivity index (χ2v) is 7.88. The van der Waals surface area contributed by atoms with Crippen LogP contribution in [0.5, 0.6) is 0 Å². The SMILES string of the molecule is Cc1cccc(NC(=O)CS(=O)(=O)CC(=O)c2ccc(Cl)cc2)c1. The average molecular weight is 366 g/mol. The second kappa shape index (κ2) is 7.59. The van der Waals surface area contributed by atoms with Crippen LogP contribution in [0.4, 0.5) is 5.69 Å². The van der Waals surface area contributed by atoms with Crippen LogP contribution in [-0.4, -0.2) is 31.6 Å². The van der Waals surface area contributed by atoms with Crippen LogP contribution in [0, 0.1) is 6.92 Å². The Hall–Kier alpha value is -2.18. The van der Waals surface area contributed by atoms with E-state index in [9.17, 15) is 18.0 Å². The molecule has 0 heterocycles. The van der Waals surface area contributed by atoms with Crippen LogP contribution in [0.3, 0.4) is 0 Å². The molecule has 2 rings (SSSR count). The fourth-order valence-electron chi connectivity index (χ4n) is 2.09. The summed E-state index contributed by atoms with van der Waals surface area (Å²) in [5, 5.41) is 2.96. The fraction of sp³-hybridized carbons (Fsp3) is 0.176. The van der Waals surface area contributed by atoms with Gasteiger partial charge in [-0.1, -0.05) is 23.7 Å². The molecule has 1 amide bonds. The number of halogens is 1. The van der Waals surface area contributed by atoms with Crippen LogP contribution in [0.1, 0.15) is 15.9 Å².